The molecule has 3 aromatic carbocycles. The number of hydrogen-bond donors (Lipinski definition) is 0. The largest absolute Gasteiger partial charge is 0.493 e. The zero-order valence-electron chi connectivity index (χ0n) is 21.9. The maximum Gasteiger partial charge on any atom is 0.329 e. The topological polar surface area (TPSA) is 132 Å². The first kappa shape index (κ1) is 26.4. The molecule has 0 bridgehead atoms. The van der Waals surface area contributed by atoms with Crippen molar-refractivity contribution in [1.29, 1.82) is 5.26 Å². The van der Waals surface area contributed by atoms with Gasteiger partial charge in [0.1, 0.15) is 6.04 Å². The number of non-ortho nitro benzene ring substituents is 1. The molecule has 1 fully saturated rings. The van der Waals surface area contributed by atoms with E-state index in [0.717, 1.165) is 5.56 Å². The second kappa shape index (κ2) is 10.2. The van der Waals surface area contributed by atoms with Gasteiger partial charge in [-0.25, -0.2) is 0 Å². The normalized spacial score (nSPS) is 22.4. The smallest absolute Gasteiger partial charge is 0.329 e. The summed E-state index contributed by atoms with van der Waals surface area (Å²) in [5.41, 5.74) is -0.130. The minimum absolute atomic E-state index is 0.0778. The quantitative estimate of drug-likeness (QED) is 0.184. The van der Waals surface area contributed by atoms with Gasteiger partial charge in [-0.3, -0.25) is 19.7 Å². The van der Waals surface area contributed by atoms with E-state index in [1.807, 2.05) is 24.3 Å². The second-order valence-corrected chi connectivity index (χ2v) is 9.45. The molecule has 40 heavy (non-hydrogen) atoms. The van der Waals surface area contributed by atoms with Crippen LogP contribution in [0, 0.1) is 26.9 Å². The first-order valence-electron chi connectivity index (χ1n) is 12.4. The fourth-order valence-electron chi connectivity index (χ4n) is 5.90. The number of nitriles is 1. The minimum Gasteiger partial charge on any atom is -0.493 e. The van der Waals surface area contributed by atoms with E-state index < -0.39 is 40.1 Å². The number of nitrogens with zero attached hydrogens (tertiary/aromatic N) is 3. The number of hydrogen-bond acceptors (Lipinski definition) is 9. The number of nitro groups is 1. The third kappa shape index (κ3) is 3.86. The number of methoxy groups -OCH3 is 3. The van der Waals surface area contributed by atoms with E-state index >= 15 is 0 Å². The lowest BCUT2D eigenvalue weighted by molar-refractivity contribution is -0.384. The number of carbonyl (C=O) groups excluding carboxylic acids is 2. The Morgan fingerprint density at radius 2 is 1.75 bits per heavy atom. The van der Waals surface area contributed by atoms with Gasteiger partial charge in [-0.2, -0.15) is 5.26 Å². The van der Waals surface area contributed by atoms with Crippen LogP contribution in [0.2, 0.25) is 0 Å². The van der Waals surface area contributed by atoms with E-state index in [1.165, 1.54) is 45.6 Å². The van der Waals surface area contributed by atoms with Gasteiger partial charge in [0, 0.05) is 29.3 Å². The Labute approximate surface area is 230 Å². The van der Waals surface area contributed by atoms with E-state index in [4.69, 9.17) is 14.2 Å². The Morgan fingerprint density at radius 1 is 1.00 bits per heavy atom. The van der Waals surface area contributed by atoms with Crippen molar-refractivity contribution in [2.75, 3.05) is 26.2 Å². The van der Waals surface area contributed by atoms with Crippen molar-refractivity contribution in [3.63, 3.8) is 0 Å². The molecule has 0 aromatic heterocycles. The van der Waals surface area contributed by atoms with Crippen LogP contribution in [0.1, 0.15) is 27.4 Å². The van der Waals surface area contributed by atoms with Crippen LogP contribution >= 0.6 is 0 Å². The van der Waals surface area contributed by atoms with Crippen molar-refractivity contribution in [2.45, 2.75) is 18.0 Å². The number of benzene rings is 3. The number of fused-ring (bicyclic) bond motifs is 3. The number of para-hydroxylation sites is 1. The predicted molar refractivity (Wildman–Crippen MR) is 145 cm³/mol. The molecule has 10 nitrogen and oxygen atoms in total. The monoisotopic (exact) mass is 539 g/mol. The maximum atomic E-state index is 14.5. The van der Waals surface area contributed by atoms with Crippen molar-refractivity contribution in [3.05, 3.63) is 99.6 Å². The van der Waals surface area contributed by atoms with Crippen LogP contribution in [0.3, 0.4) is 0 Å². The molecule has 4 atom stereocenters. The van der Waals surface area contributed by atoms with Gasteiger partial charge in [0.2, 0.25) is 0 Å². The number of ketones is 1. The predicted octanol–water partition coefficient (Wildman–Crippen LogP) is 4.55. The minimum atomic E-state index is -1.86. The molecule has 1 saturated heterocycles. The molecule has 202 valence electrons. The number of esters is 1. The SMILES string of the molecule is COC(=O)[C@]1(C#N)C2C=Cc3ccccc3N2[C@H](C(=O)c2cccc([N+](=O)[O-])c2)[C@H]1c1ccc(OC)c(OC)c1. The average Bonchev–Trinajstić information content (AvgIpc) is 3.31. The molecule has 0 aliphatic carbocycles. The van der Waals surface area contributed by atoms with Gasteiger partial charge in [0.25, 0.3) is 5.69 Å². The molecule has 10 heteroatoms. The summed E-state index contributed by atoms with van der Waals surface area (Å²) in [4.78, 5) is 40.9. The molecule has 2 aliphatic rings. The second-order valence-electron chi connectivity index (χ2n) is 9.45. The summed E-state index contributed by atoms with van der Waals surface area (Å²) in [6, 6.07) is 18.0. The lowest BCUT2D eigenvalue weighted by Crippen LogP contribution is -2.46. The molecule has 3 aromatic rings. The molecule has 1 unspecified atom stereocenters. The molecule has 2 aliphatic heterocycles. The Kier molecular flexibility index (Phi) is 6.73. The van der Waals surface area contributed by atoms with Crippen molar-refractivity contribution in [1.82, 2.24) is 0 Å². The van der Waals surface area contributed by atoms with Gasteiger partial charge in [0.15, 0.2) is 22.7 Å². The van der Waals surface area contributed by atoms with Gasteiger partial charge in [-0.15, -0.1) is 0 Å². The fourth-order valence-corrected chi connectivity index (χ4v) is 5.90. The number of carbonyl (C=O) groups is 2. The summed E-state index contributed by atoms with van der Waals surface area (Å²) in [7, 11) is 4.15. The Morgan fingerprint density at radius 3 is 2.42 bits per heavy atom. The van der Waals surface area contributed by atoms with Crippen LogP contribution in [0.4, 0.5) is 11.4 Å². The van der Waals surface area contributed by atoms with Crippen LogP contribution in [-0.4, -0.2) is 50.1 Å². The van der Waals surface area contributed by atoms with Crippen LogP contribution < -0.4 is 14.4 Å². The van der Waals surface area contributed by atoms with Gasteiger partial charge in [-0.1, -0.05) is 48.6 Å². The van der Waals surface area contributed by atoms with E-state index in [2.05, 4.69) is 6.07 Å². The molecule has 0 radical (unpaired) electrons. The van der Waals surface area contributed by atoms with Crippen LogP contribution in [0.15, 0.2) is 72.8 Å². The highest BCUT2D eigenvalue weighted by molar-refractivity contribution is 6.06. The van der Waals surface area contributed by atoms with Crippen LogP contribution in [0.25, 0.3) is 6.08 Å². The number of nitro benzene ring substituents is 1. The lowest BCUT2D eigenvalue weighted by atomic mass is 9.68. The van der Waals surface area contributed by atoms with Gasteiger partial charge >= 0.3 is 5.97 Å². The molecule has 2 heterocycles. The molecule has 0 N–H and O–H groups in total. The van der Waals surface area contributed by atoms with Gasteiger partial charge in [0.05, 0.1) is 38.4 Å². The highest BCUT2D eigenvalue weighted by Gasteiger charge is 2.67. The lowest BCUT2D eigenvalue weighted by Gasteiger charge is -2.36. The number of anilines is 1. The average molecular weight is 540 g/mol. The number of rotatable bonds is 7. The van der Waals surface area contributed by atoms with Gasteiger partial charge < -0.3 is 19.1 Å². The molecule has 0 amide bonds. The first-order valence-corrected chi connectivity index (χ1v) is 12.4. The Hall–Kier alpha value is -5.17. The maximum absolute atomic E-state index is 14.5. The number of ether oxygens (including phenoxy) is 3. The molecule has 0 saturated carbocycles. The summed E-state index contributed by atoms with van der Waals surface area (Å²) in [5.74, 6) is -1.58. The van der Waals surface area contributed by atoms with Crippen molar-refractivity contribution < 1.29 is 28.7 Å². The van der Waals surface area contributed by atoms with E-state index in [1.54, 1.807) is 35.2 Å². The van der Waals surface area contributed by atoms with Crippen molar-refractivity contribution in [2.24, 2.45) is 5.41 Å². The third-order valence-electron chi connectivity index (χ3n) is 7.63. The first-order chi connectivity index (χ1) is 19.3. The van der Waals surface area contributed by atoms with E-state index in [-0.39, 0.29) is 11.3 Å². The zero-order chi connectivity index (χ0) is 28.6. The van der Waals surface area contributed by atoms with Crippen molar-refractivity contribution >= 4 is 29.2 Å². The van der Waals surface area contributed by atoms with Gasteiger partial charge in [-0.05, 0) is 29.3 Å². The zero-order valence-corrected chi connectivity index (χ0v) is 21.9. The van der Waals surface area contributed by atoms with E-state index in [9.17, 15) is 25.0 Å². The number of Topliss-reactive ketones (excluding diaryl/α,β-unsaturated/α-hetero) is 1. The Balaban J connectivity index is 1.82. The summed E-state index contributed by atoms with van der Waals surface area (Å²) < 4.78 is 16.1. The Bertz CT molecular complexity index is 1590. The summed E-state index contributed by atoms with van der Waals surface area (Å²) in [5, 5.41) is 22.3. The van der Waals surface area contributed by atoms with Crippen LogP contribution in [0.5, 0.6) is 11.5 Å². The molecular weight excluding hydrogens is 514 g/mol. The molecular formula is C30H25N3O7. The fraction of sp³-hybridized carbons (Fsp3) is 0.233. The summed E-state index contributed by atoms with van der Waals surface area (Å²) >= 11 is 0. The molecule has 5 rings (SSSR count). The highest BCUT2D eigenvalue weighted by atomic mass is 16.6. The van der Waals surface area contributed by atoms with Crippen molar-refractivity contribution in [3.8, 4) is 17.6 Å². The van der Waals surface area contributed by atoms with Crippen LogP contribution in [-0.2, 0) is 9.53 Å². The standard InChI is InChI=1S/C30H25N3O7/c1-38-23-13-11-19(16-24(23)39-2)26-27(28(34)20-8-6-9-21(15-20)33(36)37)32-22-10-5-4-7-18(22)12-14-25(32)30(26,17-31)29(35)40-3/h4-16,25-27H,1-3H3/t25?,26-,27+,30-/m1/s1. The summed E-state index contributed by atoms with van der Waals surface area (Å²) in [6.07, 6.45) is 3.55. The third-order valence-corrected chi connectivity index (χ3v) is 7.63. The molecule has 0 spiro atoms. The highest BCUT2D eigenvalue weighted by Crippen LogP contribution is 2.57. The van der Waals surface area contributed by atoms with E-state index in [0.29, 0.717) is 22.7 Å². The summed E-state index contributed by atoms with van der Waals surface area (Å²) in [6.45, 7) is 0.